The number of anilines is 1. The molecule has 0 spiro atoms. The lowest BCUT2D eigenvalue weighted by molar-refractivity contribution is -0.384. The van der Waals surface area contributed by atoms with Gasteiger partial charge >= 0.3 is 0 Å². The summed E-state index contributed by atoms with van der Waals surface area (Å²) in [6, 6.07) is 11.1. The second kappa shape index (κ2) is 7.94. The van der Waals surface area contributed by atoms with Gasteiger partial charge in [0.05, 0.1) is 15.5 Å². The summed E-state index contributed by atoms with van der Waals surface area (Å²) in [4.78, 5) is 22.1. The van der Waals surface area contributed by atoms with Gasteiger partial charge in [0.1, 0.15) is 0 Å². The Balaban J connectivity index is 1.80. The van der Waals surface area contributed by atoms with E-state index in [9.17, 15) is 14.9 Å². The molecule has 0 heterocycles. The molecule has 2 aromatic rings. The number of amides is 1. The van der Waals surface area contributed by atoms with Crippen molar-refractivity contribution >= 4 is 44.8 Å². The minimum absolute atomic E-state index is 0.0359. The third-order valence-corrected chi connectivity index (χ3v) is 3.80. The van der Waals surface area contributed by atoms with Gasteiger partial charge in [0.25, 0.3) is 11.6 Å². The molecular formula is C15H13BrClN3O3. The van der Waals surface area contributed by atoms with Gasteiger partial charge in [0.15, 0.2) is 0 Å². The zero-order valence-electron chi connectivity index (χ0n) is 11.9. The van der Waals surface area contributed by atoms with Gasteiger partial charge in [0.2, 0.25) is 0 Å². The Morgan fingerprint density at radius 3 is 2.48 bits per heavy atom. The van der Waals surface area contributed by atoms with Gasteiger partial charge in [0, 0.05) is 35.4 Å². The molecule has 8 heteroatoms. The first-order valence-electron chi connectivity index (χ1n) is 6.69. The van der Waals surface area contributed by atoms with E-state index in [2.05, 4.69) is 26.6 Å². The van der Waals surface area contributed by atoms with Crippen molar-refractivity contribution in [3.63, 3.8) is 0 Å². The molecule has 0 aliphatic rings. The molecule has 0 saturated heterocycles. The first kappa shape index (κ1) is 17.2. The van der Waals surface area contributed by atoms with Crippen LogP contribution in [-0.2, 0) is 0 Å². The van der Waals surface area contributed by atoms with Gasteiger partial charge in [-0.15, -0.1) is 0 Å². The Bertz CT molecular complexity index is 722. The maximum Gasteiger partial charge on any atom is 0.269 e. The number of rotatable bonds is 6. The van der Waals surface area contributed by atoms with Crippen molar-refractivity contribution in [1.29, 1.82) is 0 Å². The SMILES string of the molecule is O=C(NCCNc1ccc([N+](=O)[O-])cc1)c1ccc(Br)cc1Cl. The van der Waals surface area contributed by atoms with Crippen LogP contribution in [0.25, 0.3) is 0 Å². The van der Waals surface area contributed by atoms with E-state index in [1.165, 1.54) is 12.1 Å². The van der Waals surface area contributed by atoms with Crippen LogP contribution in [-0.4, -0.2) is 23.9 Å². The van der Waals surface area contributed by atoms with Crippen LogP contribution in [0.15, 0.2) is 46.9 Å². The van der Waals surface area contributed by atoms with Crippen molar-refractivity contribution < 1.29 is 9.72 Å². The Kier molecular flexibility index (Phi) is 5.95. The fourth-order valence-corrected chi connectivity index (χ4v) is 2.61. The first-order chi connectivity index (χ1) is 11.0. The lowest BCUT2D eigenvalue weighted by Crippen LogP contribution is -2.28. The van der Waals surface area contributed by atoms with Crippen molar-refractivity contribution in [2.75, 3.05) is 18.4 Å². The number of nitro groups is 1. The minimum atomic E-state index is -0.452. The Morgan fingerprint density at radius 2 is 1.87 bits per heavy atom. The predicted molar refractivity (Wildman–Crippen MR) is 93.1 cm³/mol. The van der Waals surface area contributed by atoms with Crippen LogP contribution in [0.1, 0.15) is 10.4 Å². The monoisotopic (exact) mass is 397 g/mol. The van der Waals surface area contributed by atoms with Crippen LogP contribution in [0, 0.1) is 10.1 Å². The van der Waals surface area contributed by atoms with Crippen molar-refractivity contribution in [2.45, 2.75) is 0 Å². The molecule has 0 saturated carbocycles. The van der Waals surface area contributed by atoms with Crippen LogP contribution >= 0.6 is 27.5 Å². The molecule has 0 bridgehead atoms. The molecule has 0 aliphatic heterocycles. The van der Waals surface area contributed by atoms with E-state index in [1.54, 1.807) is 30.3 Å². The number of non-ortho nitro benzene ring substituents is 1. The second-order valence-corrected chi connectivity index (χ2v) is 5.93. The zero-order valence-corrected chi connectivity index (χ0v) is 14.2. The van der Waals surface area contributed by atoms with Crippen LogP contribution in [0.3, 0.4) is 0 Å². The molecule has 120 valence electrons. The average Bonchev–Trinajstić information content (AvgIpc) is 2.51. The fraction of sp³-hybridized carbons (Fsp3) is 0.133. The lowest BCUT2D eigenvalue weighted by atomic mass is 10.2. The van der Waals surface area contributed by atoms with E-state index in [1.807, 2.05) is 0 Å². The molecule has 2 aromatic carbocycles. The van der Waals surface area contributed by atoms with Crippen molar-refractivity contribution in [3.8, 4) is 0 Å². The Morgan fingerprint density at radius 1 is 1.17 bits per heavy atom. The maximum absolute atomic E-state index is 12.0. The van der Waals surface area contributed by atoms with Gasteiger partial charge in [-0.25, -0.2) is 0 Å². The van der Waals surface area contributed by atoms with E-state index in [0.29, 0.717) is 23.7 Å². The summed E-state index contributed by atoms with van der Waals surface area (Å²) in [6.45, 7) is 0.875. The lowest BCUT2D eigenvalue weighted by Gasteiger charge is -2.09. The van der Waals surface area contributed by atoms with E-state index in [-0.39, 0.29) is 11.6 Å². The highest BCUT2D eigenvalue weighted by atomic mass is 79.9. The van der Waals surface area contributed by atoms with Crippen molar-refractivity contribution in [2.24, 2.45) is 0 Å². The number of nitrogens with zero attached hydrogens (tertiary/aromatic N) is 1. The van der Waals surface area contributed by atoms with Gasteiger partial charge in [-0.05, 0) is 30.3 Å². The molecule has 2 N–H and O–H groups in total. The van der Waals surface area contributed by atoms with Crippen LogP contribution in [0.4, 0.5) is 11.4 Å². The van der Waals surface area contributed by atoms with E-state index >= 15 is 0 Å². The molecule has 0 aliphatic carbocycles. The molecule has 0 unspecified atom stereocenters. The number of halogens is 2. The highest BCUT2D eigenvalue weighted by molar-refractivity contribution is 9.10. The summed E-state index contributed by atoms with van der Waals surface area (Å²) in [5.74, 6) is -0.256. The summed E-state index contributed by atoms with van der Waals surface area (Å²) < 4.78 is 0.805. The van der Waals surface area contributed by atoms with Gasteiger partial charge in [-0.2, -0.15) is 0 Å². The van der Waals surface area contributed by atoms with Crippen LogP contribution < -0.4 is 10.6 Å². The van der Waals surface area contributed by atoms with Crippen LogP contribution in [0.5, 0.6) is 0 Å². The molecule has 0 fully saturated rings. The number of carbonyl (C=O) groups is 1. The first-order valence-corrected chi connectivity index (χ1v) is 7.86. The quantitative estimate of drug-likeness (QED) is 0.440. The molecule has 23 heavy (non-hydrogen) atoms. The largest absolute Gasteiger partial charge is 0.383 e. The number of nitro benzene ring substituents is 1. The van der Waals surface area contributed by atoms with Gasteiger partial charge < -0.3 is 10.6 Å². The zero-order chi connectivity index (χ0) is 16.8. The Hall–Kier alpha value is -2.12. The number of hydrogen-bond acceptors (Lipinski definition) is 4. The summed E-state index contributed by atoms with van der Waals surface area (Å²) >= 11 is 9.29. The maximum atomic E-state index is 12.0. The highest BCUT2D eigenvalue weighted by Gasteiger charge is 2.09. The molecule has 0 aromatic heterocycles. The number of hydrogen-bond donors (Lipinski definition) is 2. The minimum Gasteiger partial charge on any atom is -0.383 e. The molecule has 1 amide bonds. The third-order valence-electron chi connectivity index (χ3n) is 2.99. The molecule has 2 rings (SSSR count). The predicted octanol–water partition coefficient (Wildman–Crippen LogP) is 3.85. The Labute approximate surface area is 146 Å². The smallest absolute Gasteiger partial charge is 0.269 e. The standard InChI is InChI=1S/C15H13BrClN3O3/c16-10-1-6-13(14(17)9-10)15(21)19-8-7-18-11-2-4-12(5-3-11)20(22)23/h1-6,9,18H,7-8H2,(H,19,21). The molecule has 0 radical (unpaired) electrons. The number of nitrogens with one attached hydrogen (secondary N) is 2. The van der Waals surface area contributed by atoms with Gasteiger partial charge in [-0.1, -0.05) is 27.5 Å². The summed E-state index contributed by atoms with van der Waals surface area (Å²) in [7, 11) is 0. The normalized spacial score (nSPS) is 10.2. The molecule has 6 nitrogen and oxygen atoms in total. The molecule has 0 atom stereocenters. The van der Waals surface area contributed by atoms with Gasteiger partial charge in [-0.3, -0.25) is 14.9 Å². The number of carbonyl (C=O) groups excluding carboxylic acids is 1. The van der Waals surface area contributed by atoms with E-state index in [4.69, 9.17) is 11.6 Å². The topological polar surface area (TPSA) is 84.3 Å². The highest BCUT2D eigenvalue weighted by Crippen LogP contribution is 2.21. The fourth-order valence-electron chi connectivity index (χ4n) is 1.85. The van der Waals surface area contributed by atoms with E-state index in [0.717, 1.165) is 10.2 Å². The third kappa shape index (κ3) is 4.94. The average molecular weight is 399 g/mol. The van der Waals surface area contributed by atoms with E-state index < -0.39 is 4.92 Å². The molecular weight excluding hydrogens is 386 g/mol. The van der Waals surface area contributed by atoms with Crippen molar-refractivity contribution in [1.82, 2.24) is 5.32 Å². The summed E-state index contributed by atoms with van der Waals surface area (Å²) in [5, 5.41) is 16.7. The summed E-state index contributed by atoms with van der Waals surface area (Å²) in [5.41, 5.74) is 1.19. The summed E-state index contributed by atoms with van der Waals surface area (Å²) in [6.07, 6.45) is 0. The number of benzene rings is 2. The second-order valence-electron chi connectivity index (χ2n) is 4.61. The van der Waals surface area contributed by atoms with Crippen LogP contribution in [0.2, 0.25) is 5.02 Å². The van der Waals surface area contributed by atoms with Crippen molar-refractivity contribution in [3.05, 3.63) is 67.6 Å².